The van der Waals surface area contributed by atoms with Gasteiger partial charge >= 0.3 is 0 Å². The number of benzene rings is 4. The van der Waals surface area contributed by atoms with Crippen molar-refractivity contribution in [3.63, 3.8) is 0 Å². The highest BCUT2D eigenvalue weighted by Gasteiger charge is 2.24. The van der Waals surface area contributed by atoms with Crippen LogP contribution in [0.15, 0.2) is 107 Å². The van der Waals surface area contributed by atoms with Crippen LogP contribution in [0.25, 0.3) is 27.8 Å². The van der Waals surface area contributed by atoms with Crippen LogP contribution in [0.2, 0.25) is 0 Å². The van der Waals surface area contributed by atoms with E-state index in [-0.39, 0.29) is 5.91 Å². The molecule has 0 saturated carbocycles. The maximum absolute atomic E-state index is 12.8. The molecule has 0 unspecified atom stereocenters. The molecule has 5 nitrogen and oxygen atoms in total. The summed E-state index contributed by atoms with van der Waals surface area (Å²) in [5, 5.41) is 7.06. The summed E-state index contributed by atoms with van der Waals surface area (Å²) in [5.74, 6) is 0.663. The molecule has 4 aromatic carbocycles. The van der Waals surface area contributed by atoms with Gasteiger partial charge in [0.2, 0.25) is 0 Å². The van der Waals surface area contributed by atoms with E-state index in [1.807, 2.05) is 43.3 Å². The third-order valence-corrected chi connectivity index (χ3v) is 7.27. The van der Waals surface area contributed by atoms with Crippen molar-refractivity contribution in [1.29, 1.82) is 0 Å². The summed E-state index contributed by atoms with van der Waals surface area (Å²) in [6, 6.07) is 30.7. The molecule has 1 amide bonds. The van der Waals surface area contributed by atoms with Gasteiger partial charge in [-0.3, -0.25) is 4.79 Å². The zero-order valence-electron chi connectivity index (χ0n) is 20.3. The lowest BCUT2D eigenvalue weighted by atomic mass is 10.0. The lowest BCUT2D eigenvalue weighted by Crippen LogP contribution is -2.19. The molecule has 0 bridgehead atoms. The number of ether oxygens (including phenoxy) is 1. The molecule has 5 aromatic rings. The molecule has 6 heteroatoms. The average molecular weight is 504 g/mol. The maximum Gasteiger partial charge on any atom is 0.264 e. The number of nitrogens with one attached hydrogen (secondary N) is 1. The van der Waals surface area contributed by atoms with Gasteiger partial charge < -0.3 is 14.6 Å². The van der Waals surface area contributed by atoms with E-state index in [0.717, 1.165) is 34.4 Å². The monoisotopic (exact) mass is 503 g/mol. The summed E-state index contributed by atoms with van der Waals surface area (Å²) in [6.07, 6.45) is 4.09. The number of aromatic nitrogens is 1. The molecule has 0 aliphatic carbocycles. The van der Waals surface area contributed by atoms with Gasteiger partial charge in [0.1, 0.15) is 5.75 Å². The van der Waals surface area contributed by atoms with Gasteiger partial charge in [0, 0.05) is 29.2 Å². The van der Waals surface area contributed by atoms with Crippen LogP contribution in [0.4, 0.5) is 5.69 Å². The van der Waals surface area contributed by atoms with E-state index in [1.165, 1.54) is 28.1 Å². The fraction of sp³-hybridized carbons (Fsp3) is 0.0968. The van der Waals surface area contributed by atoms with E-state index in [0.29, 0.717) is 16.7 Å². The van der Waals surface area contributed by atoms with Gasteiger partial charge in [0.25, 0.3) is 5.91 Å². The minimum atomic E-state index is -0.138. The summed E-state index contributed by atoms with van der Waals surface area (Å²) in [4.78, 5) is 18.0. The Morgan fingerprint density at radius 3 is 2.51 bits per heavy atom. The lowest BCUT2D eigenvalue weighted by Gasteiger charge is -2.09. The summed E-state index contributed by atoms with van der Waals surface area (Å²) < 4.78 is 7.75. The number of amides is 1. The first-order valence-electron chi connectivity index (χ1n) is 12.2. The number of aliphatic imine (C=N–C) groups is 1. The summed E-state index contributed by atoms with van der Waals surface area (Å²) >= 11 is 1.36. The number of carbonyl (C=O) groups excluding carboxylic acids is 1. The molecule has 1 aliphatic heterocycles. The van der Waals surface area contributed by atoms with Crippen LogP contribution in [-0.2, 0) is 11.3 Å². The Labute approximate surface area is 219 Å². The minimum Gasteiger partial charge on any atom is -0.494 e. The predicted molar refractivity (Wildman–Crippen MR) is 153 cm³/mol. The minimum absolute atomic E-state index is 0.138. The summed E-state index contributed by atoms with van der Waals surface area (Å²) in [6.45, 7) is 3.31. The van der Waals surface area contributed by atoms with Gasteiger partial charge in [-0.1, -0.05) is 60.7 Å². The molecule has 1 fully saturated rings. The van der Waals surface area contributed by atoms with Crippen molar-refractivity contribution in [1.82, 2.24) is 9.88 Å². The first-order valence-corrected chi connectivity index (χ1v) is 13.1. The fourth-order valence-corrected chi connectivity index (χ4v) is 5.49. The molecule has 0 atom stereocenters. The third kappa shape index (κ3) is 4.76. The number of rotatable bonds is 6. The number of amidine groups is 1. The Hall–Kier alpha value is -4.29. The number of hydrogen-bond donors (Lipinski definition) is 1. The number of nitrogens with zero attached hydrogens (tertiary/aromatic N) is 2. The molecule has 2 heterocycles. The lowest BCUT2D eigenvalue weighted by molar-refractivity contribution is -0.115. The van der Waals surface area contributed by atoms with Crippen LogP contribution >= 0.6 is 11.8 Å². The Balaban J connectivity index is 1.31. The molecule has 0 spiro atoms. The topological polar surface area (TPSA) is 55.6 Å². The molecule has 0 radical (unpaired) electrons. The average Bonchev–Trinajstić information content (AvgIpc) is 3.45. The predicted octanol–water partition coefficient (Wildman–Crippen LogP) is 7.13. The second-order valence-corrected chi connectivity index (χ2v) is 9.81. The van der Waals surface area contributed by atoms with Crippen LogP contribution < -0.4 is 10.1 Å². The second kappa shape index (κ2) is 9.99. The van der Waals surface area contributed by atoms with Crippen LogP contribution in [-0.4, -0.2) is 22.2 Å². The highest BCUT2D eigenvalue weighted by molar-refractivity contribution is 8.18. The molecule has 182 valence electrons. The Kier molecular flexibility index (Phi) is 6.25. The van der Waals surface area contributed by atoms with Crippen molar-refractivity contribution in [2.45, 2.75) is 13.5 Å². The van der Waals surface area contributed by atoms with E-state index in [4.69, 9.17) is 4.74 Å². The largest absolute Gasteiger partial charge is 0.494 e. The molecule has 1 aliphatic rings. The van der Waals surface area contributed by atoms with Crippen molar-refractivity contribution < 1.29 is 9.53 Å². The van der Waals surface area contributed by atoms with Crippen molar-refractivity contribution >= 4 is 56.3 Å². The van der Waals surface area contributed by atoms with Crippen LogP contribution in [0.1, 0.15) is 18.1 Å². The zero-order chi connectivity index (χ0) is 25.2. The van der Waals surface area contributed by atoms with E-state index in [9.17, 15) is 4.79 Å². The number of para-hydroxylation sites is 1. The standard InChI is InChI=1S/C31H25N3O2S/c1-2-36-25-16-14-24(15-17-25)32-31-33-30(35)29(37-31)18-23-20-34(28-13-6-5-12-27(23)28)19-22-10-7-9-21-8-3-4-11-26(21)22/h3-18,20H,2,19H2,1H3,(H,32,33,35)/b29-18+. The number of fused-ring (bicyclic) bond motifs is 2. The SMILES string of the molecule is CCOc1ccc(N=C2NC(=O)/C(=C\c3cn(Cc4cccc5ccccc45)c4ccccc34)S2)cc1. The van der Waals surface area contributed by atoms with Crippen molar-refractivity contribution in [3.05, 3.63) is 113 Å². The second-order valence-electron chi connectivity index (χ2n) is 8.78. The van der Waals surface area contributed by atoms with E-state index in [1.54, 1.807) is 0 Å². The smallest absolute Gasteiger partial charge is 0.264 e. The molecule has 1 N–H and O–H groups in total. The van der Waals surface area contributed by atoms with Crippen LogP contribution in [0.5, 0.6) is 5.75 Å². The molecule has 1 aromatic heterocycles. The first-order chi connectivity index (χ1) is 18.2. The van der Waals surface area contributed by atoms with E-state index >= 15 is 0 Å². The quantitative estimate of drug-likeness (QED) is 0.251. The maximum atomic E-state index is 12.8. The highest BCUT2D eigenvalue weighted by atomic mass is 32.2. The van der Waals surface area contributed by atoms with Crippen molar-refractivity contribution in [2.75, 3.05) is 6.61 Å². The van der Waals surface area contributed by atoms with Gasteiger partial charge in [-0.15, -0.1) is 0 Å². The number of thioether (sulfide) groups is 1. The van der Waals surface area contributed by atoms with Gasteiger partial charge in [-0.25, -0.2) is 4.99 Å². The number of hydrogen-bond acceptors (Lipinski definition) is 4. The van der Waals surface area contributed by atoms with Crippen molar-refractivity contribution in [3.8, 4) is 5.75 Å². The van der Waals surface area contributed by atoms with Gasteiger partial charge in [-0.05, 0) is 71.4 Å². The van der Waals surface area contributed by atoms with E-state index in [2.05, 4.69) is 81.7 Å². The third-order valence-electron chi connectivity index (χ3n) is 6.36. The van der Waals surface area contributed by atoms with Gasteiger partial charge in [-0.2, -0.15) is 0 Å². The first kappa shape index (κ1) is 23.1. The van der Waals surface area contributed by atoms with Crippen molar-refractivity contribution in [2.24, 2.45) is 4.99 Å². The van der Waals surface area contributed by atoms with E-state index < -0.39 is 0 Å². The molecule has 1 saturated heterocycles. The molecule has 37 heavy (non-hydrogen) atoms. The van der Waals surface area contributed by atoms with Gasteiger partial charge in [0.15, 0.2) is 5.17 Å². The Morgan fingerprint density at radius 1 is 0.919 bits per heavy atom. The fourth-order valence-electron chi connectivity index (χ4n) is 4.66. The highest BCUT2D eigenvalue weighted by Crippen LogP contribution is 2.32. The van der Waals surface area contributed by atoms with Crippen LogP contribution in [0.3, 0.4) is 0 Å². The van der Waals surface area contributed by atoms with Crippen LogP contribution in [0, 0.1) is 0 Å². The molecule has 6 rings (SSSR count). The Bertz CT molecular complexity index is 1680. The normalized spacial score (nSPS) is 15.6. The summed E-state index contributed by atoms with van der Waals surface area (Å²) in [7, 11) is 0. The number of carbonyl (C=O) groups is 1. The zero-order valence-corrected chi connectivity index (χ0v) is 21.2. The molecular formula is C31H25N3O2S. The Morgan fingerprint density at radius 2 is 1.68 bits per heavy atom. The summed E-state index contributed by atoms with van der Waals surface area (Å²) in [5.41, 5.74) is 4.17. The molecular weight excluding hydrogens is 478 g/mol. The van der Waals surface area contributed by atoms with Gasteiger partial charge in [0.05, 0.1) is 17.2 Å².